The van der Waals surface area contributed by atoms with Crippen LogP contribution in [0.4, 0.5) is 0 Å². The van der Waals surface area contributed by atoms with Gasteiger partial charge in [0.05, 0.1) is 11.7 Å². The molecular weight excluding hydrogens is 210 g/mol. The van der Waals surface area contributed by atoms with Crippen LogP contribution in [0.5, 0.6) is 0 Å². The summed E-state index contributed by atoms with van der Waals surface area (Å²) in [6.07, 6.45) is 16.0. The zero-order valence-corrected chi connectivity index (χ0v) is 11.0. The second-order valence-electron chi connectivity index (χ2n) is 6.80. The molecule has 3 fully saturated rings. The van der Waals surface area contributed by atoms with Crippen LogP contribution in [0.25, 0.3) is 0 Å². The molecule has 3 aliphatic rings. The maximum absolute atomic E-state index is 6.55. The minimum absolute atomic E-state index is 0.104. The molecule has 2 heteroatoms. The minimum Gasteiger partial charge on any atom is -0.372 e. The first kappa shape index (κ1) is 12.0. The zero-order valence-electron chi connectivity index (χ0n) is 11.0. The van der Waals surface area contributed by atoms with Gasteiger partial charge < -0.3 is 10.5 Å². The molecule has 0 radical (unpaired) electrons. The summed E-state index contributed by atoms with van der Waals surface area (Å²) in [6.45, 7) is 0. The van der Waals surface area contributed by atoms with Gasteiger partial charge in [0.1, 0.15) is 0 Å². The fourth-order valence-corrected chi connectivity index (χ4v) is 4.34. The van der Waals surface area contributed by atoms with Gasteiger partial charge in [-0.1, -0.05) is 32.1 Å². The standard InChI is InChI=1S/C15H27NO/c16-14(7-2-1-3-8-14)12-13-6-11-15(17-13)9-4-5-10-15/h13H,1-12,16H2. The van der Waals surface area contributed by atoms with Crippen LogP contribution in [0, 0.1) is 0 Å². The van der Waals surface area contributed by atoms with Crippen LogP contribution < -0.4 is 5.73 Å². The van der Waals surface area contributed by atoms with E-state index in [1.165, 1.54) is 70.6 Å². The summed E-state index contributed by atoms with van der Waals surface area (Å²) >= 11 is 0. The lowest BCUT2D eigenvalue weighted by Crippen LogP contribution is -2.44. The Morgan fingerprint density at radius 1 is 0.882 bits per heavy atom. The van der Waals surface area contributed by atoms with E-state index in [-0.39, 0.29) is 11.1 Å². The van der Waals surface area contributed by atoms with Crippen LogP contribution in [0.3, 0.4) is 0 Å². The van der Waals surface area contributed by atoms with E-state index in [4.69, 9.17) is 10.5 Å². The van der Waals surface area contributed by atoms with Crippen molar-refractivity contribution in [3.05, 3.63) is 0 Å². The molecular formula is C15H27NO. The Bertz CT molecular complexity index is 264. The molecule has 0 aromatic rings. The Labute approximate surface area is 105 Å². The van der Waals surface area contributed by atoms with E-state index >= 15 is 0 Å². The van der Waals surface area contributed by atoms with Gasteiger partial charge in [0.15, 0.2) is 0 Å². The Kier molecular flexibility index (Phi) is 3.20. The van der Waals surface area contributed by atoms with Crippen molar-refractivity contribution in [2.75, 3.05) is 0 Å². The molecule has 17 heavy (non-hydrogen) atoms. The van der Waals surface area contributed by atoms with Gasteiger partial charge in [0, 0.05) is 5.54 Å². The van der Waals surface area contributed by atoms with E-state index in [2.05, 4.69) is 0 Å². The van der Waals surface area contributed by atoms with Crippen molar-refractivity contribution in [1.29, 1.82) is 0 Å². The molecule has 0 amide bonds. The number of nitrogens with two attached hydrogens (primary N) is 1. The van der Waals surface area contributed by atoms with Crippen LogP contribution in [0.1, 0.15) is 77.0 Å². The minimum atomic E-state index is 0.104. The van der Waals surface area contributed by atoms with Crippen molar-refractivity contribution in [2.24, 2.45) is 5.73 Å². The fourth-order valence-electron chi connectivity index (χ4n) is 4.34. The third-order valence-electron chi connectivity index (χ3n) is 5.34. The summed E-state index contributed by atoms with van der Waals surface area (Å²) < 4.78 is 6.40. The lowest BCUT2D eigenvalue weighted by atomic mass is 9.78. The SMILES string of the molecule is NC1(CC2CCC3(CCCC3)O2)CCCCC1. The van der Waals surface area contributed by atoms with E-state index in [1.54, 1.807) is 0 Å². The average Bonchev–Trinajstić information content (AvgIpc) is 2.91. The first-order valence-corrected chi connectivity index (χ1v) is 7.67. The summed E-state index contributed by atoms with van der Waals surface area (Å²) in [4.78, 5) is 0. The first-order valence-electron chi connectivity index (χ1n) is 7.67. The summed E-state index contributed by atoms with van der Waals surface area (Å²) in [5.74, 6) is 0. The van der Waals surface area contributed by atoms with Crippen LogP contribution >= 0.6 is 0 Å². The molecule has 2 N–H and O–H groups in total. The summed E-state index contributed by atoms with van der Waals surface area (Å²) in [5.41, 5.74) is 6.94. The van der Waals surface area contributed by atoms with Crippen LogP contribution in [0.15, 0.2) is 0 Å². The lowest BCUT2D eigenvalue weighted by molar-refractivity contribution is -0.0481. The van der Waals surface area contributed by atoms with Crippen molar-refractivity contribution in [1.82, 2.24) is 0 Å². The molecule has 98 valence electrons. The van der Waals surface area contributed by atoms with Crippen molar-refractivity contribution in [3.63, 3.8) is 0 Å². The van der Waals surface area contributed by atoms with Gasteiger partial charge in [0.2, 0.25) is 0 Å². The summed E-state index contributed by atoms with van der Waals surface area (Å²) in [6, 6.07) is 0. The van der Waals surface area contributed by atoms with E-state index in [0.29, 0.717) is 6.10 Å². The largest absolute Gasteiger partial charge is 0.372 e. The quantitative estimate of drug-likeness (QED) is 0.797. The predicted octanol–water partition coefficient (Wildman–Crippen LogP) is 3.53. The van der Waals surface area contributed by atoms with Crippen molar-refractivity contribution in [3.8, 4) is 0 Å². The van der Waals surface area contributed by atoms with Crippen LogP contribution in [-0.2, 0) is 4.74 Å². The average molecular weight is 237 g/mol. The molecule has 1 aliphatic heterocycles. The van der Waals surface area contributed by atoms with E-state index < -0.39 is 0 Å². The smallest absolute Gasteiger partial charge is 0.0687 e. The van der Waals surface area contributed by atoms with E-state index in [1.807, 2.05) is 0 Å². The van der Waals surface area contributed by atoms with Gasteiger partial charge in [-0.3, -0.25) is 0 Å². The highest BCUT2D eigenvalue weighted by atomic mass is 16.5. The second-order valence-corrected chi connectivity index (χ2v) is 6.80. The molecule has 1 atom stereocenters. The van der Waals surface area contributed by atoms with Gasteiger partial charge in [-0.05, 0) is 44.9 Å². The maximum atomic E-state index is 6.55. The molecule has 0 bridgehead atoms. The Morgan fingerprint density at radius 2 is 1.53 bits per heavy atom. The third kappa shape index (κ3) is 2.53. The normalized spacial score (nSPS) is 35.5. The molecule has 2 saturated carbocycles. The van der Waals surface area contributed by atoms with Gasteiger partial charge in [0.25, 0.3) is 0 Å². The monoisotopic (exact) mass is 237 g/mol. The molecule has 0 aromatic heterocycles. The topological polar surface area (TPSA) is 35.2 Å². The van der Waals surface area contributed by atoms with Crippen molar-refractivity contribution >= 4 is 0 Å². The summed E-state index contributed by atoms with van der Waals surface area (Å²) in [5, 5.41) is 0. The van der Waals surface area contributed by atoms with E-state index in [0.717, 1.165) is 6.42 Å². The summed E-state index contributed by atoms with van der Waals surface area (Å²) in [7, 11) is 0. The molecule has 2 aliphatic carbocycles. The number of hydrogen-bond donors (Lipinski definition) is 1. The third-order valence-corrected chi connectivity index (χ3v) is 5.34. The Morgan fingerprint density at radius 3 is 2.24 bits per heavy atom. The molecule has 1 heterocycles. The molecule has 2 nitrogen and oxygen atoms in total. The molecule has 0 aromatic carbocycles. The highest BCUT2D eigenvalue weighted by Gasteiger charge is 2.44. The van der Waals surface area contributed by atoms with Crippen molar-refractivity contribution in [2.45, 2.75) is 94.3 Å². The molecule has 3 rings (SSSR count). The first-order chi connectivity index (χ1) is 8.20. The lowest BCUT2D eigenvalue weighted by Gasteiger charge is -2.36. The highest BCUT2D eigenvalue weighted by molar-refractivity contribution is 4.97. The van der Waals surface area contributed by atoms with Crippen LogP contribution in [0.2, 0.25) is 0 Å². The highest BCUT2D eigenvalue weighted by Crippen LogP contribution is 2.45. The maximum Gasteiger partial charge on any atom is 0.0687 e. The van der Waals surface area contributed by atoms with Gasteiger partial charge >= 0.3 is 0 Å². The predicted molar refractivity (Wildman–Crippen MR) is 69.9 cm³/mol. The van der Waals surface area contributed by atoms with E-state index in [9.17, 15) is 0 Å². The van der Waals surface area contributed by atoms with Crippen LogP contribution in [-0.4, -0.2) is 17.2 Å². The number of hydrogen-bond acceptors (Lipinski definition) is 2. The van der Waals surface area contributed by atoms with Crippen molar-refractivity contribution < 1.29 is 4.74 Å². The van der Waals surface area contributed by atoms with Gasteiger partial charge in [-0.25, -0.2) is 0 Å². The zero-order chi connectivity index (χ0) is 11.8. The molecule has 1 unspecified atom stereocenters. The fraction of sp³-hybridized carbons (Fsp3) is 1.00. The molecule has 1 spiro atoms. The number of rotatable bonds is 2. The second kappa shape index (κ2) is 4.55. The number of ether oxygens (including phenoxy) is 1. The molecule has 1 saturated heterocycles. The van der Waals surface area contributed by atoms with Gasteiger partial charge in [-0.2, -0.15) is 0 Å². The Balaban J connectivity index is 1.56. The van der Waals surface area contributed by atoms with Gasteiger partial charge in [-0.15, -0.1) is 0 Å². The Hall–Kier alpha value is -0.0800.